The number of aromatic nitrogens is 3. The molecule has 2 aliphatic rings. The number of nitrogens with zero attached hydrogens (tertiary/aromatic N) is 4. The molecule has 2 aliphatic heterocycles. The van der Waals surface area contributed by atoms with E-state index in [1.807, 2.05) is 13.8 Å². The number of β-lactam (4-membered cyclic amide) rings is 1. The number of nitrogen functional groups attached to an aromatic ring is 1. The normalized spacial score (nSPS) is 20.8. The van der Waals surface area contributed by atoms with Crippen LogP contribution >= 0.6 is 46.2 Å². The standard InChI is InChI=1S/C18H18N6O4S4/c1-3-4-8(9-5-30-17(19)20-9)13(25)21-11-14(26)24-12(16(27)28)10(6-29-15(11)24)32-18-23-22-7(2)31-18/h4-5,11,15H,3,6H2,1-2H3,(H2,19,20)(H,21,25)(H,27,28)/b8-4-/t11-,15-/m1/s1. The van der Waals surface area contributed by atoms with E-state index in [2.05, 4.69) is 20.5 Å². The number of allylic oxidation sites excluding steroid dienone is 1. The summed E-state index contributed by atoms with van der Waals surface area (Å²) in [4.78, 5) is 43.7. The van der Waals surface area contributed by atoms with Crippen molar-refractivity contribution in [2.45, 2.75) is 36.0 Å². The van der Waals surface area contributed by atoms with Crippen LogP contribution in [0.5, 0.6) is 0 Å². The second-order valence-electron chi connectivity index (χ2n) is 6.72. The van der Waals surface area contributed by atoms with Crippen LogP contribution in [0, 0.1) is 6.92 Å². The first-order valence-electron chi connectivity index (χ1n) is 9.41. The van der Waals surface area contributed by atoms with Gasteiger partial charge in [-0.1, -0.05) is 36.1 Å². The van der Waals surface area contributed by atoms with Crippen molar-refractivity contribution in [2.75, 3.05) is 11.5 Å². The topological polar surface area (TPSA) is 151 Å². The molecule has 2 atom stereocenters. The summed E-state index contributed by atoms with van der Waals surface area (Å²) in [6, 6.07) is -0.826. The highest BCUT2D eigenvalue weighted by atomic mass is 32.2. The van der Waals surface area contributed by atoms with Gasteiger partial charge in [-0.2, -0.15) is 0 Å². The molecule has 1 saturated heterocycles. The van der Waals surface area contributed by atoms with Crippen LogP contribution in [0.3, 0.4) is 0 Å². The van der Waals surface area contributed by atoms with Crippen molar-refractivity contribution in [2.24, 2.45) is 0 Å². The number of carbonyl (C=O) groups is 3. The molecule has 1 fully saturated rings. The summed E-state index contributed by atoms with van der Waals surface area (Å²) in [5.74, 6) is -1.72. The van der Waals surface area contributed by atoms with E-state index in [-0.39, 0.29) is 5.70 Å². The lowest BCUT2D eigenvalue weighted by Crippen LogP contribution is -2.70. The molecule has 4 rings (SSSR count). The molecule has 4 heterocycles. The summed E-state index contributed by atoms with van der Waals surface area (Å²) in [6.45, 7) is 3.70. The molecule has 2 aromatic rings. The van der Waals surface area contributed by atoms with Crippen LogP contribution in [-0.2, 0) is 14.4 Å². The number of anilines is 1. The van der Waals surface area contributed by atoms with Crippen LogP contribution in [0.2, 0.25) is 0 Å². The number of carboxylic acids is 1. The average Bonchev–Trinajstić information content (AvgIpc) is 3.37. The van der Waals surface area contributed by atoms with Crippen LogP contribution in [0.4, 0.5) is 5.13 Å². The fraction of sp³-hybridized carbons (Fsp3) is 0.333. The summed E-state index contributed by atoms with van der Waals surface area (Å²) < 4.78 is 0.616. The molecule has 0 saturated carbocycles. The number of rotatable bonds is 7. The maximum absolute atomic E-state index is 12.9. The monoisotopic (exact) mass is 510 g/mol. The quantitative estimate of drug-likeness (QED) is 0.373. The van der Waals surface area contributed by atoms with Gasteiger partial charge in [-0.25, -0.2) is 9.78 Å². The van der Waals surface area contributed by atoms with E-state index < -0.39 is 29.2 Å². The summed E-state index contributed by atoms with van der Waals surface area (Å²) in [5.41, 5.74) is 6.40. The van der Waals surface area contributed by atoms with Crippen molar-refractivity contribution in [3.8, 4) is 0 Å². The van der Waals surface area contributed by atoms with E-state index in [4.69, 9.17) is 5.73 Å². The largest absolute Gasteiger partial charge is 0.477 e. The van der Waals surface area contributed by atoms with Gasteiger partial charge < -0.3 is 16.2 Å². The number of nitrogens with one attached hydrogen (secondary N) is 1. The van der Waals surface area contributed by atoms with Crippen LogP contribution in [0.1, 0.15) is 24.0 Å². The molecule has 0 aliphatic carbocycles. The molecule has 0 radical (unpaired) electrons. The first-order chi connectivity index (χ1) is 15.3. The molecule has 14 heteroatoms. The lowest BCUT2D eigenvalue weighted by Gasteiger charge is -2.49. The molecule has 4 N–H and O–H groups in total. The van der Waals surface area contributed by atoms with Crippen molar-refractivity contribution in [3.05, 3.63) is 32.8 Å². The Bertz CT molecular complexity index is 1160. The number of aryl methyl sites for hydroxylation is 1. The van der Waals surface area contributed by atoms with E-state index >= 15 is 0 Å². The van der Waals surface area contributed by atoms with Crippen molar-refractivity contribution in [1.29, 1.82) is 0 Å². The van der Waals surface area contributed by atoms with E-state index in [0.29, 0.717) is 37.8 Å². The molecule has 0 spiro atoms. The number of nitrogens with two attached hydrogens (primary N) is 1. The van der Waals surface area contributed by atoms with E-state index in [1.54, 1.807) is 11.5 Å². The number of hydrogen-bond acceptors (Lipinski definition) is 11. The van der Waals surface area contributed by atoms with Gasteiger partial charge >= 0.3 is 5.97 Å². The summed E-state index contributed by atoms with van der Waals surface area (Å²) in [6.07, 6.45) is 2.32. The molecule has 32 heavy (non-hydrogen) atoms. The van der Waals surface area contributed by atoms with Crippen molar-refractivity contribution in [3.63, 3.8) is 0 Å². The highest BCUT2D eigenvalue weighted by Crippen LogP contribution is 2.45. The first-order valence-corrected chi connectivity index (χ1v) is 13.0. The fourth-order valence-electron chi connectivity index (χ4n) is 3.24. The van der Waals surface area contributed by atoms with Gasteiger partial charge in [0.05, 0.1) is 11.3 Å². The Labute approximate surface area is 199 Å². The molecule has 0 bridgehead atoms. The van der Waals surface area contributed by atoms with Crippen LogP contribution in [0.15, 0.2) is 26.4 Å². The lowest BCUT2D eigenvalue weighted by atomic mass is 10.0. The van der Waals surface area contributed by atoms with Crippen molar-refractivity contribution in [1.82, 2.24) is 25.4 Å². The zero-order valence-electron chi connectivity index (χ0n) is 16.9. The smallest absolute Gasteiger partial charge is 0.353 e. The Morgan fingerprint density at radius 3 is 2.81 bits per heavy atom. The van der Waals surface area contributed by atoms with Gasteiger partial charge in [-0.3, -0.25) is 14.5 Å². The number of thioether (sulfide) groups is 2. The van der Waals surface area contributed by atoms with E-state index in [9.17, 15) is 19.5 Å². The maximum Gasteiger partial charge on any atom is 0.353 e. The number of carbonyl (C=O) groups excluding carboxylic acids is 2. The van der Waals surface area contributed by atoms with Crippen LogP contribution < -0.4 is 11.1 Å². The number of amides is 2. The van der Waals surface area contributed by atoms with Gasteiger partial charge in [0, 0.05) is 16.0 Å². The molecule has 2 aromatic heterocycles. The highest BCUT2D eigenvalue weighted by molar-refractivity contribution is 8.07. The summed E-state index contributed by atoms with van der Waals surface area (Å²) in [5, 5.41) is 22.8. The highest BCUT2D eigenvalue weighted by Gasteiger charge is 2.54. The number of thiazole rings is 1. The van der Waals surface area contributed by atoms with Gasteiger partial charge in [-0.15, -0.1) is 33.3 Å². The Hall–Kier alpha value is -2.42. The third-order valence-corrected chi connectivity index (χ3v) is 8.70. The predicted molar refractivity (Wildman–Crippen MR) is 125 cm³/mol. The molecular formula is C18H18N6O4S4. The number of fused-ring (bicyclic) bond motifs is 1. The van der Waals surface area contributed by atoms with Gasteiger partial charge in [0.15, 0.2) is 9.47 Å². The number of hydrogen-bond donors (Lipinski definition) is 3. The zero-order chi connectivity index (χ0) is 23.0. The SMILES string of the molecule is CC/C=C(\C(=O)N[C@@H]1C(=O)N2C(C(=O)O)=C(Sc3nnc(C)s3)CS[C@H]12)c1csc(N)n1. The number of aliphatic carboxylic acids is 1. The maximum atomic E-state index is 12.9. The second-order valence-corrected chi connectivity index (χ2v) is 11.2. The second kappa shape index (κ2) is 9.21. The fourth-order valence-corrected chi connectivity index (χ4v) is 7.26. The predicted octanol–water partition coefficient (Wildman–Crippen LogP) is 2.17. The van der Waals surface area contributed by atoms with E-state index in [0.717, 1.165) is 5.01 Å². The zero-order valence-corrected chi connectivity index (χ0v) is 20.2. The van der Waals surface area contributed by atoms with Crippen LogP contribution in [-0.4, -0.2) is 60.1 Å². The van der Waals surface area contributed by atoms with Gasteiger partial charge in [0.1, 0.15) is 22.1 Å². The Kier molecular flexibility index (Phi) is 6.55. The molecule has 168 valence electrons. The minimum atomic E-state index is -1.19. The third kappa shape index (κ3) is 4.27. The minimum absolute atomic E-state index is 0.0706. The molecule has 0 unspecified atom stereocenters. The molecule has 0 aromatic carbocycles. The van der Waals surface area contributed by atoms with Crippen molar-refractivity contribution >= 4 is 74.7 Å². The first kappa shape index (κ1) is 22.8. The van der Waals surface area contributed by atoms with E-state index in [1.165, 1.54) is 51.1 Å². The molecule has 10 nitrogen and oxygen atoms in total. The Morgan fingerprint density at radius 1 is 1.44 bits per heavy atom. The Balaban J connectivity index is 1.53. The van der Waals surface area contributed by atoms with Crippen molar-refractivity contribution < 1.29 is 19.5 Å². The van der Waals surface area contributed by atoms with Crippen LogP contribution in [0.25, 0.3) is 5.57 Å². The third-order valence-electron chi connectivity index (χ3n) is 4.59. The van der Waals surface area contributed by atoms with Gasteiger partial charge in [0.2, 0.25) is 0 Å². The molecular weight excluding hydrogens is 493 g/mol. The Morgan fingerprint density at radius 2 is 2.22 bits per heavy atom. The number of carboxylic acid groups (broad SMARTS) is 1. The lowest BCUT2D eigenvalue weighted by molar-refractivity contribution is -0.150. The average molecular weight is 511 g/mol. The minimum Gasteiger partial charge on any atom is -0.477 e. The summed E-state index contributed by atoms with van der Waals surface area (Å²) >= 11 is 5.18. The summed E-state index contributed by atoms with van der Waals surface area (Å²) in [7, 11) is 0. The van der Waals surface area contributed by atoms with Gasteiger partial charge in [0.25, 0.3) is 11.8 Å². The molecule has 2 amide bonds. The van der Waals surface area contributed by atoms with Gasteiger partial charge in [-0.05, 0) is 13.3 Å².